The Labute approximate surface area is 244 Å². The zero-order valence-electron chi connectivity index (χ0n) is 24.1. The van der Waals surface area contributed by atoms with Crippen LogP contribution >= 0.6 is 0 Å². The minimum absolute atomic E-state index is 0.127. The van der Waals surface area contributed by atoms with Gasteiger partial charge in [0.1, 0.15) is 11.7 Å². The fraction of sp³-hybridized carbons (Fsp3) is 0.576. The molecule has 3 unspecified atom stereocenters. The molecule has 0 radical (unpaired) electrons. The van der Waals surface area contributed by atoms with Gasteiger partial charge in [0.2, 0.25) is 5.72 Å². The smallest absolute Gasteiger partial charge is 0.421 e. The lowest BCUT2D eigenvalue weighted by Crippen LogP contribution is -2.69. The number of halogens is 3. The molecule has 2 bridgehead atoms. The lowest BCUT2D eigenvalue weighted by molar-refractivity contribution is -0.947. The number of hydrogen-bond donors (Lipinski definition) is 1. The van der Waals surface area contributed by atoms with Gasteiger partial charge in [-0.25, -0.2) is 0 Å². The first-order valence-electron chi connectivity index (χ1n) is 15.2. The van der Waals surface area contributed by atoms with Crippen molar-refractivity contribution < 1.29 is 36.7 Å². The molecule has 7 rings (SSSR count). The van der Waals surface area contributed by atoms with E-state index in [1.165, 1.54) is 38.4 Å². The third-order valence-electron chi connectivity index (χ3n) is 10.9. The van der Waals surface area contributed by atoms with Gasteiger partial charge in [0.15, 0.2) is 0 Å². The van der Waals surface area contributed by atoms with Gasteiger partial charge in [0.05, 0.1) is 32.3 Å². The number of likely N-dealkylation sites (tertiary alicyclic amines) is 1. The number of ether oxygens (including phenoxy) is 2. The van der Waals surface area contributed by atoms with Crippen molar-refractivity contribution in [1.82, 2.24) is 5.32 Å². The Bertz CT molecular complexity index is 1400. The number of nitrogens with zero attached hydrogens (tertiary/aromatic N) is 1. The van der Waals surface area contributed by atoms with E-state index in [0.29, 0.717) is 12.0 Å². The highest BCUT2D eigenvalue weighted by molar-refractivity contribution is 6.00. The Morgan fingerprint density at radius 1 is 1.17 bits per heavy atom. The summed E-state index contributed by atoms with van der Waals surface area (Å²) in [6.45, 7) is 3.42. The Morgan fingerprint density at radius 2 is 1.93 bits per heavy atom. The summed E-state index contributed by atoms with van der Waals surface area (Å²) in [7, 11) is 2.41. The highest BCUT2D eigenvalue weighted by Gasteiger charge is 2.71. The molecule has 2 aliphatic heterocycles. The fourth-order valence-corrected chi connectivity index (χ4v) is 9.14. The van der Waals surface area contributed by atoms with Crippen molar-refractivity contribution in [2.75, 3.05) is 20.1 Å². The number of quaternary nitrogens is 1. The molecule has 2 saturated heterocycles. The summed E-state index contributed by atoms with van der Waals surface area (Å²) >= 11 is 0. The summed E-state index contributed by atoms with van der Waals surface area (Å²) in [4.78, 5) is 26.0. The Morgan fingerprint density at radius 3 is 2.62 bits per heavy atom. The van der Waals surface area contributed by atoms with Gasteiger partial charge < -0.3 is 19.3 Å². The number of carbonyl (C=O) groups is 2. The summed E-state index contributed by atoms with van der Waals surface area (Å²) in [6, 6.07) is 8.35. The quantitative estimate of drug-likeness (QED) is 0.209. The number of carbonyl (C=O) groups excluding carboxylic acids is 2. The summed E-state index contributed by atoms with van der Waals surface area (Å²) in [5, 5.41) is 2.53. The molecule has 2 heterocycles. The van der Waals surface area contributed by atoms with Crippen LogP contribution in [0.4, 0.5) is 13.2 Å². The molecule has 9 heteroatoms. The van der Waals surface area contributed by atoms with Gasteiger partial charge >= 0.3 is 12.1 Å². The van der Waals surface area contributed by atoms with Crippen LogP contribution in [0.5, 0.6) is 0 Å². The highest BCUT2D eigenvalue weighted by atomic mass is 19.4. The van der Waals surface area contributed by atoms with Crippen molar-refractivity contribution in [2.24, 2.45) is 17.3 Å². The van der Waals surface area contributed by atoms with E-state index in [0.717, 1.165) is 66.3 Å². The molecule has 2 saturated carbocycles. The predicted octanol–water partition coefficient (Wildman–Crippen LogP) is 5.46. The van der Waals surface area contributed by atoms with Crippen molar-refractivity contribution in [3.05, 3.63) is 64.8 Å². The number of alkyl halides is 3. The number of benzene rings is 1. The van der Waals surface area contributed by atoms with Crippen molar-refractivity contribution in [3.8, 4) is 0 Å². The average Bonchev–Trinajstić information content (AvgIpc) is 3.67. The third kappa shape index (κ3) is 4.29. The molecule has 6 nitrogen and oxygen atoms in total. The number of hydrogen-bond acceptors (Lipinski definition) is 4. The molecule has 6 aliphatic rings. The molecule has 42 heavy (non-hydrogen) atoms. The zero-order valence-corrected chi connectivity index (χ0v) is 24.1. The normalized spacial score (nSPS) is 38.6. The zero-order chi connectivity index (χ0) is 29.5. The van der Waals surface area contributed by atoms with Crippen molar-refractivity contribution in [2.45, 2.75) is 82.0 Å². The predicted molar refractivity (Wildman–Crippen MR) is 149 cm³/mol. The van der Waals surface area contributed by atoms with Gasteiger partial charge in [-0.3, -0.25) is 9.59 Å². The van der Waals surface area contributed by atoms with E-state index in [9.17, 15) is 22.8 Å². The van der Waals surface area contributed by atoms with Crippen molar-refractivity contribution in [3.63, 3.8) is 0 Å². The second-order valence-corrected chi connectivity index (χ2v) is 13.5. The van der Waals surface area contributed by atoms with Gasteiger partial charge in [0.25, 0.3) is 5.91 Å². The molecule has 1 aromatic rings. The maximum absolute atomic E-state index is 14.3. The van der Waals surface area contributed by atoms with Crippen LogP contribution < -0.4 is 5.32 Å². The second-order valence-electron chi connectivity index (χ2n) is 13.5. The molecule has 1 amide bonds. The maximum atomic E-state index is 14.3. The Balaban J connectivity index is 1.28. The highest BCUT2D eigenvalue weighted by Crippen LogP contribution is 2.67. The number of allylic oxidation sites excluding steroid dienone is 1. The van der Waals surface area contributed by atoms with Crippen molar-refractivity contribution in [1.29, 1.82) is 0 Å². The minimum atomic E-state index is -4.93. The average molecular weight is 584 g/mol. The lowest BCUT2D eigenvalue weighted by atomic mass is 9.50. The molecule has 1 N–H and O–H groups in total. The Hall–Kier alpha value is -2.91. The molecule has 0 aromatic heterocycles. The third-order valence-corrected chi connectivity index (χ3v) is 10.9. The number of amides is 1. The number of esters is 1. The number of rotatable bonds is 6. The van der Waals surface area contributed by atoms with E-state index in [4.69, 9.17) is 9.47 Å². The van der Waals surface area contributed by atoms with E-state index in [1.807, 2.05) is 6.08 Å². The van der Waals surface area contributed by atoms with Crippen LogP contribution in [-0.2, 0) is 19.1 Å². The molecule has 1 spiro atoms. The van der Waals surface area contributed by atoms with E-state index < -0.39 is 35.5 Å². The molecule has 4 fully saturated rings. The lowest BCUT2D eigenvalue weighted by Gasteiger charge is -2.62. The van der Waals surface area contributed by atoms with E-state index in [2.05, 4.69) is 12.4 Å². The van der Waals surface area contributed by atoms with Gasteiger partial charge in [0, 0.05) is 37.0 Å². The molecular formula is C33H38F3N2O4+. The van der Waals surface area contributed by atoms with Crippen LogP contribution in [0.3, 0.4) is 0 Å². The van der Waals surface area contributed by atoms with Crippen LogP contribution in [-0.4, -0.2) is 66.6 Å². The Kier molecular flexibility index (Phi) is 6.34. The van der Waals surface area contributed by atoms with E-state index >= 15 is 0 Å². The van der Waals surface area contributed by atoms with Crippen LogP contribution in [0.25, 0.3) is 6.08 Å². The monoisotopic (exact) mass is 583 g/mol. The number of nitrogens with one attached hydrogen (secondary N) is 1. The van der Waals surface area contributed by atoms with E-state index in [1.54, 1.807) is 24.3 Å². The first-order valence-corrected chi connectivity index (χ1v) is 15.2. The second kappa shape index (κ2) is 9.55. The molecule has 1 aromatic carbocycles. The summed E-state index contributed by atoms with van der Waals surface area (Å²) in [5.74, 6) is -0.881. The maximum Gasteiger partial charge on any atom is 0.421 e. The van der Waals surface area contributed by atoms with Gasteiger partial charge in [-0.1, -0.05) is 42.8 Å². The van der Waals surface area contributed by atoms with Crippen LogP contribution in [0.15, 0.2) is 59.2 Å². The minimum Gasteiger partial charge on any atom is -0.432 e. The number of piperidine rings is 1. The molecular weight excluding hydrogens is 545 g/mol. The SMILES string of the molecule is CC(=O)OC1(NC(=O)C(=Cc2ccccc2)C(F)(F)F)C=CC2=C3C1O[C@H]1CCC[C@H]4[C@@H](C2)[N+](C)(CC2CC2)CC[C@]314. The van der Waals surface area contributed by atoms with E-state index in [-0.39, 0.29) is 17.1 Å². The molecule has 7 atom stereocenters. The van der Waals surface area contributed by atoms with Crippen LogP contribution in [0, 0.1) is 17.3 Å². The summed E-state index contributed by atoms with van der Waals surface area (Å²) in [5.41, 5.74) is -1.08. The fourth-order valence-electron chi connectivity index (χ4n) is 9.14. The van der Waals surface area contributed by atoms with Gasteiger partial charge in [-0.15, -0.1) is 0 Å². The first-order chi connectivity index (χ1) is 20.0. The standard InChI is InChI=1S/C33H37F3N2O4/c1-20(39)42-32(37-30(40)25(33(34,35)36)17-21-7-4-3-5-8-21)14-13-23-18-26-24-9-6-10-27-31(24,28(23)29(32)41-27)15-16-38(26,2)19-22-11-12-22/h3-5,7-8,13-14,17,22,24,26-27,29H,6,9-12,15-16,18-19H2,1-2H3/p+1/t24-,26+,27-,29?,31+,32?,38?/m0/s1. The van der Waals surface area contributed by atoms with Gasteiger partial charge in [-0.05, 0) is 54.5 Å². The van der Waals surface area contributed by atoms with Gasteiger partial charge in [-0.2, -0.15) is 13.2 Å². The molecule has 224 valence electrons. The first kappa shape index (κ1) is 27.9. The molecule has 4 aliphatic carbocycles. The van der Waals surface area contributed by atoms with Crippen LogP contribution in [0.2, 0.25) is 0 Å². The summed E-state index contributed by atoms with van der Waals surface area (Å²) in [6.07, 6.45) is 5.69. The largest absolute Gasteiger partial charge is 0.432 e. The summed E-state index contributed by atoms with van der Waals surface area (Å²) < 4.78 is 56.5. The van der Waals surface area contributed by atoms with Crippen molar-refractivity contribution >= 4 is 18.0 Å². The van der Waals surface area contributed by atoms with Crippen LogP contribution in [0.1, 0.15) is 57.4 Å². The topological polar surface area (TPSA) is 64.6 Å².